The molecule has 0 bridgehead atoms. The van der Waals surface area contributed by atoms with Crippen LogP contribution in [0.5, 0.6) is 0 Å². The van der Waals surface area contributed by atoms with E-state index >= 15 is 0 Å². The first-order valence-corrected chi connectivity index (χ1v) is 13.6. The fourth-order valence-corrected chi connectivity index (χ4v) is 5.43. The Morgan fingerprint density at radius 3 is 2.17 bits per heavy atom. The van der Waals surface area contributed by atoms with Crippen LogP contribution in [0.3, 0.4) is 0 Å². The average molecular weight is 512 g/mol. The first-order chi connectivity index (χ1) is 16.9. The molecule has 0 spiro atoms. The van der Waals surface area contributed by atoms with Crippen molar-refractivity contribution in [3.8, 4) is 34.0 Å². The molecule has 36 heavy (non-hydrogen) atoms. The van der Waals surface area contributed by atoms with Crippen molar-refractivity contribution in [2.75, 3.05) is 6.16 Å². The molecule has 3 aromatic rings. The summed E-state index contributed by atoms with van der Waals surface area (Å²) in [5.41, 5.74) is 7.07. The molecular formula is C28H31FNO5P. The molecule has 0 radical (unpaired) electrons. The van der Waals surface area contributed by atoms with Gasteiger partial charge in [-0.1, -0.05) is 62.2 Å². The van der Waals surface area contributed by atoms with E-state index in [1.54, 1.807) is 12.1 Å². The summed E-state index contributed by atoms with van der Waals surface area (Å²) in [4.78, 5) is 21.3. The summed E-state index contributed by atoms with van der Waals surface area (Å²) in [6, 6.07) is 15.8. The third-order valence-corrected chi connectivity index (χ3v) is 7.09. The van der Waals surface area contributed by atoms with Gasteiger partial charge in [-0.3, -0.25) is 9.36 Å². The van der Waals surface area contributed by atoms with E-state index in [0.717, 1.165) is 22.5 Å². The summed E-state index contributed by atoms with van der Waals surface area (Å²) in [5, 5.41) is 18.8. The lowest BCUT2D eigenvalue weighted by molar-refractivity contribution is -0.138. The molecule has 3 rings (SSSR count). The monoisotopic (exact) mass is 511 g/mol. The number of carboxylic acids is 1. The lowest BCUT2D eigenvalue weighted by atomic mass is 9.95. The van der Waals surface area contributed by atoms with Crippen molar-refractivity contribution in [3.05, 3.63) is 71.7 Å². The maximum Gasteiger partial charge on any atom is 0.305 e. The standard InChI is InChI=1S/C28H31FNO5P/c1-18(2)27-24(14-15-36(34,35)17-23(31)16-25(32)33)26(20-10-12-22(29)13-11-20)28(30(27)19(3)4)21-8-6-5-7-9-21/h5-13,18-19,23,31H,16-17H2,1-4H3,(H,32,33)(H,34,35)/t23-/m0/s1. The fourth-order valence-electron chi connectivity index (χ4n) is 4.36. The Hall–Kier alpha value is -3.17. The maximum absolute atomic E-state index is 13.8. The zero-order valence-corrected chi connectivity index (χ0v) is 21.7. The van der Waals surface area contributed by atoms with Crippen molar-refractivity contribution in [2.24, 2.45) is 0 Å². The second kappa shape index (κ2) is 11.3. The zero-order chi connectivity index (χ0) is 26.6. The number of aromatic nitrogens is 1. The molecular weight excluding hydrogens is 480 g/mol. The molecule has 2 aromatic carbocycles. The van der Waals surface area contributed by atoms with E-state index in [-0.39, 0.29) is 17.8 Å². The fraction of sp³-hybridized carbons (Fsp3) is 0.321. The quantitative estimate of drug-likeness (QED) is 0.251. The number of hydrogen-bond donors (Lipinski definition) is 3. The van der Waals surface area contributed by atoms with Crippen molar-refractivity contribution >= 4 is 13.3 Å². The largest absolute Gasteiger partial charge is 0.481 e. The lowest BCUT2D eigenvalue weighted by Crippen LogP contribution is -2.17. The molecule has 1 heterocycles. The van der Waals surface area contributed by atoms with E-state index in [0.29, 0.717) is 11.1 Å². The van der Waals surface area contributed by atoms with Gasteiger partial charge < -0.3 is 19.7 Å². The van der Waals surface area contributed by atoms with Crippen molar-refractivity contribution in [3.63, 3.8) is 0 Å². The van der Waals surface area contributed by atoms with Crippen LogP contribution in [0.15, 0.2) is 54.6 Å². The smallest absolute Gasteiger partial charge is 0.305 e. The summed E-state index contributed by atoms with van der Waals surface area (Å²) >= 11 is 0. The van der Waals surface area contributed by atoms with Gasteiger partial charge in [0.15, 0.2) is 0 Å². The van der Waals surface area contributed by atoms with Gasteiger partial charge in [0.1, 0.15) is 5.82 Å². The van der Waals surface area contributed by atoms with Gasteiger partial charge in [0, 0.05) is 17.3 Å². The summed E-state index contributed by atoms with van der Waals surface area (Å²) < 4.78 is 28.8. The highest BCUT2D eigenvalue weighted by atomic mass is 31.2. The van der Waals surface area contributed by atoms with Gasteiger partial charge in [0.2, 0.25) is 0 Å². The summed E-state index contributed by atoms with van der Waals surface area (Å²) in [7, 11) is -4.18. The number of hydrogen-bond acceptors (Lipinski definition) is 3. The van der Waals surface area contributed by atoms with Crippen molar-refractivity contribution in [1.29, 1.82) is 0 Å². The van der Waals surface area contributed by atoms with Crippen LogP contribution in [-0.2, 0) is 9.36 Å². The number of rotatable bonds is 8. The molecule has 0 aliphatic rings. The summed E-state index contributed by atoms with van der Waals surface area (Å²) in [6.07, 6.45) is -2.79. The number of nitrogens with zero attached hydrogens (tertiary/aromatic N) is 1. The van der Waals surface area contributed by atoms with Crippen LogP contribution in [0.25, 0.3) is 22.4 Å². The van der Waals surface area contributed by atoms with E-state index in [2.05, 4.69) is 16.1 Å². The molecule has 3 N–H and O–H groups in total. The van der Waals surface area contributed by atoms with Crippen LogP contribution >= 0.6 is 7.37 Å². The third kappa shape index (κ3) is 6.33. The highest BCUT2D eigenvalue weighted by Crippen LogP contribution is 2.45. The second-order valence-electron chi connectivity index (χ2n) is 9.35. The minimum absolute atomic E-state index is 0.0101. The Morgan fingerprint density at radius 2 is 1.64 bits per heavy atom. The van der Waals surface area contributed by atoms with E-state index in [9.17, 15) is 23.7 Å². The first-order valence-electron chi connectivity index (χ1n) is 11.8. The topological polar surface area (TPSA) is 99.8 Å². The minimum Gasteiger partial charge on any atom is -0.481 e. The van der Waals surface area contributed by atoms with E-state index in [1.165, 1.54) is 12.1 Å². The SMILES string of the molecule is CC(C)c1c(C#CP(=O)(O)C[C@@H](O)CC(=O)O)c(-c2ccc(F)cc2)c(-c2ccccc2)n1C(C)C. The predicted molar refractivity (Wildman–Crippen MR) is 140 cm³/mol. The number of carbonyl (C=O) groups is 1. The van der Waals surface area contributed by atoms with Gasteiger partial charge in [-0.05, 0) is 48.7 Å². The first kappa shape index (κ1) is 27.4. The molecule has 0 amide bonds. The van der Waals surface area contributed by atoms with E-state index < -0.39 is 32.0 Å². The molecule has 6 nitrogen and oxygen atoms in total. The predicted octanol–water partition coefficient (Wildman–Crippen LogP) is 6.08. The van der Waals surface area contributed by atoms with Gasteiger partial charge in [0.05, 0.1) is 29.9 Å². The minimum atomic E-state index is -4.18. The molecule has 0 fully saturated rings. The number of aliphatic carboxylic acids is 1. The van der Waals surface area contributed by atoms with Gasteiger partial charge in [-0.15, -0.1) is 0 Å². The Morgan fingerprint density at radius 1 is 1.03 bits per heavy atom. The van der Waals surface area contributed by atoms with Crippen LogP contribution in [0.2, 0.25) is 0 Å². The molecule has 2 atom stereocenters. The Kier molecular flexibility index (Phi) is 8.58. The molecule has 0 aliphatic carbocycles. The normalized spacial score (nSPS) is 13.8. The highest BCUT2D eigenvalue weighted by Gasteiger charge is 2.28. The Labute approximate surface area is 210 Å². The van der Waals surface area contributed by atoms with Crippen LogP contribution in [0, 0.1) is 17.4 Å². The molecule has 0 aliphatic heterocycles. The van der Waals surface area contributed by atoms with Crippen molar-refractivity contribution in [2.45, 2.75) is 52.2 Å². The Bertz CT molecular complexity index is 1330. The molecule has 190 valence electrons. The molecule has 1 aromatic heterocycles. The molecule has 8 heteroatoms. The van der Waals surface area contributed by atoms with Crippen molar-refractivity contribution < 1.29 is 28.9 Å². The van der Waals surface area contributed by atoms with E-state index in [1.807, 2.05) is 58.0 Å². The summed E-state index contributed by atoms with van der Waals surface area (Å²) in [6.45, 7) is 8.11. The molecule has 0 saturated carbocycles. The lowest BCUT2D eigenvalue weighted by Gasteiger charge is -2.20. The van der Waals surface area contributed by atoms with Crippen LogP contribution in [0.4, 0.5) is 4.39 Å². The van der Waals surface area contributed by atoms with Crippen LogP contribution in [0.1, 0.15) is 57.3 Å². The summed E-state index contributed by atoms with van der Waals surface area (Å²) in [5.74, 6) is 1.27. The zero-order valence-electron chi connectivity index (χ0n) is 20.8. The van der Waals surface area contributed by atoms with Crippen LogP contribution < -0.4 is 0 Å². The van der Waals surface area contributed by atoms with Gasteiger partial charge >= 0.3 is 5.97 Å². The van der Waals surface area contributed by atoms with Crippen molar-refractivity contribution in [1.82, 2.24) is 4.57 Å². The number of benzene rings is 2. The van der Waals surface area contributed by atoms with Gasteiger partial charge in [-0.2, -0.15) is 0 Å². The van der Waals surface area contributed by atoms with Crippen LogP contribution in [-0.4, -0.2) is 37.9 Å². The number of aliphatic hydroxyl groups is 1. The third-order valence-electron chi connectivity index (χ3n) is 5.71. The van der Waals surface area contributed by atoms with Gasteiger partial charge in [-0.25, -0.2) is 4.39 Å². The maximum atomic E-state index is 13.8. The average Bonchev–Trinajstić information content (AvgIpc) is 3.13. The molecule has 1 unspecified atom stereocenters. The highest BCUT2D eigenvalue weighted by molar-refractivity contribution is 7.63. The van der Waals surface area contributed by atoms with E-state index in [4.69, 9.17) is 5.11 Å². The Balaban J connectivity index is 2.34. The molecule has 0 saturated heterocycles. The second-order valence-corrected chi connectivity index (χ2v) is 11.3. The number of carboxylic acid groups (broad SMARTS) is 1. The number of aliphatic hydroxyl groups excluding tert-OH is 1. The van der Waals surface area contributed by atoms with Gasteiger partial charge in [0.25, 0.3) is 7.37 Å². The number of halogens is 1.